The maximum Gasteiger partial charge on any atom is 0.233 e. The maximum atomic E-state index is 10.4. The summed E-state index contributed by atoms with van der Waals surface area (Å²) in [7, 11) is 0. The van der Waals surface area contributed by atoms with Crippen LogP contribution in [0.2, 0.25) is 0 Å². The van der Waals surface area contributed by atoms with Crippen LogP contribution in [0.15, 0.2) is 0 Å². The first-order valence-electron chi connectivity index (χ1n) is 2.89. The minimum absolute atomic E-state index is 0.0193. The van der Waals surface area contributed by atoms with Gasteiger partial charge in [-0.2, -0.15) is 0 Å². The monoisotopic (exact) mass is 132 g/mol. The van der Waals surface area contributed by atoms with Crippen molar-refractivity contribution in [2.75, 3.05) is 19.7 Å². The molecule has 0 aliphatic rings. The van der Waals surface area contributed by atoms with E-state index >= 15 is 0 Å². The predicted molar refractivity (Wildman–Crippen MR) is 33.8 cm³/mol. The van der Waals surface area contributed by atoms with Gasteiger partial charge in [0.25, 0.3) is 0 Å². The molecule has 0 saturated carbocycles. The lowest BCUT2D eigenvalue weighted by Crippen LogP contribution is -2.31. The van der Waals surface area contributed by atoms with Crippen LogP contribution in [0, 0.1) is 0 Å². The third-order valence-electron chi connectivity index (χ3n) is 0.842. The standard InChI is InChI=1S/C5H12N2O2/c6-4-5(9)7-2-1-3-8/h8H,1-4,6H2,(H,7,9). The van der Waals surface area contributed by atoms with Crippen LogP contribution >= 0.6 is 0 Å². The third-order valence-corrected chi connectivity index (χ3v) is 0.842. The molecule has 0 aromatic carbocycles. The minimum atomic E-state index is -0.177. The van der Waals surface area contributed by atoms with Crippen LogP contribution < -0.4 is 11.1 Å². The zero-order valence-corrected chi connectivity index (χ0v) is 5.26. The Morgan fingerprint density at radius 2 is 2.33 bits per heavy atom. The largest absolute Gasteiger partial charge is 0.396 e. The molecule has 0 radical (unpaired) electrons. The van der Waals surface area contributed by atoms with E-state index in [2.05, 4.69) is 5.32 Å². The predicted octanol–water partition coefficient (Wildman–Crippen LogP) is -1.56. The van der Waals surface area contributed by atoms with E-state index in [4.69, 9.17) is 10.8 Å². The fourth-order valence-electron chi connectivity index (χ4n) is 0.379. The van der Waals surface area contributed by atoms with Crippen LogP contribution in [0.5, 0.6) is 0 Å². The van der Waals surface area contributed by atoms with Gasteiger partial charge in [0.05, 0.1) is 6.54 Å². The van der Waals surface area contributed by atoms with Crippen molar-refractivity contribution in [1.82, 2.24) is 5.32 Å². The van der Waals surface area contributed by atoms with Crippen molar-refractivity contribution in [2.45, 2.75) is 6.42 Å². The van der Waals surface area contributed by atoms with E-state index in [1.807, 2.05) is 0 Å². The molecule has 0 aromatic rings. The molecule has 0 spiro atoms. The number of carbonyl (C=O) groups excluding carboxylic acids is 1. The average Bonchev–Trinajstić information content (AvgIpc) is 1.89. The molecule has 4 N–H and O–H groups in total. The summed E-state index contributed by atoms with van der Waals surface area (Å²) in [4.78, 5) is 10.4. The van der Waals surface area contributed by atoms with Crippen molar-refractivity contribution in [3.05, 3.63) is 0 Å². The molecule has 0 unspecified atom stereocenters. The van der Waals surface area contributed by atoms with Crippen LogP contribution in [-0.4, -0.2) is 30.7 Å². The highest BCUT2D eigenvalue weighted by atomic mass is 16.3. The van der Waals surface area contributed by atoms with Gasteiger partial charge >= 0.3 is 0 Å². The molecular formula is C5H12N2O2. The molecule has 54 valence electrons. The molecule has 0 fully saturated rings. The number of rotatable bonds is 4. The van der Waals surface area contributed by atoms with Gasteiger partial charge in [-0.15, -0.1) is 0 Å². The second-order valence-corrected chi connectivity index (χ2v) is 1.63. The van der Waals surface area contributed by atoms with E-state index in [-0.39, 0.29) is 19.1 Å². The fraction of sp³-hybridized carbons (Fsp3) is 0.800. The Morgan fingerprint density at radius 1 is 1.67 bits per heavy atom. The van der Waals surface area contributed by atoms with E-state index in [0.29, 0.717) is 13.0 Å². The van der Waals surface area contributed by atoms with Gasteiger partial charge in [-0.1, -0.05) is 0 Å². The van der Waals surface area contributed by atoms with Gasteiger partial charge in [0.2, 0.25) is 5.91 Å². The lowest BCUT2D eigenvalue weighted by atomic mass is 10.4. The van der Waals surface area contributed by atoms with Gasteiger partial charge in [0.1, 0.15) is 0 Å². The molecule has 4 nitrogen and oxygen atoms in total. The van der Waals surface area contributed by atoms with Crippen molar-refractivity contribution < 1.29 is 9.90 Å². The first-order valence-corrected chi connectivity index (χ1v) is 2.89. The number of aliphatic hydroxyl groups is 1. The first kappa shape index (κ1) is 8.39. The quantitative estimate of drug-likeness (QED) is 0.405. The van der Waals surface area contributed by atoms with Crippen molar-refractivity contribution in [3.63, 3.8) is 0 Å². The van der Waals surface area contributed by atoms with Crippen molar-refractivity contribution in [1.29, 1.82) is 0 Å². The summed E-state index contributed by atoms with van der Waals surface area (Å²) in [6.07, 6.45) is 0.589. The van der Waals surface area contributed by atoms with Gasteiger partial charge in [-0.3, -0.25) is 4.79 Å². The van der Waals surface area contributed by atoms with Crippen LogP contribution in [-0.2, 0) is 4.79 Å². The Morgan fingerprint density at radius 3 is 2.78 bits per heavy atom. The molecule has 0 atom stereocenters. The molecule has 0 aliphatic heterocycles. The molecule has 4 heteroatoms. The number of nitrogens with one attached hydrogen (secondary N) is 1. The summed E-state index contributed by atoms with van der Waals surface area (Å²) < 4.78 is 0. The summed E-state index contributed by atoms with van der Waals surface area (Å²) in [6.45, 7) is 0.628. The number of amides is 1. The highest BCUT2D eigenvalue weighted by Crippen LogP contribution is 1.70. The number of hydrogen-bond donors (Lipinski definition) is 3. The Bertz CT molecular complexity index is 85.0. The molecule has 1 amide bonds. The summed E-state index contributed by atoms with van der Waals surface area (Å²) in [6, 6.07) is 0. The van der Waals surface area contributed by atoms with E-state index in [9.17, 15) is 4.79 Å². The second kappa shape index (κ2) is 5.53. The first-order chi connectivity index (χ1) is 4.31. The molecule has 0 heterocycles. The van der Waals surface area contributed by atoms with E-state index in [0.717, 1.165) is 0 Å². The SMILES string of the molecule is NCC(=O)NCCCO. The number of aliphatic hydroxyl groups excluding tert-OH is 1. The highest BCUT2D eigenvalue weighted by Gasteiger charge is 1.92. The number of hydrogen-bond acceptors (Lipinski definition) is 3. The Labute approximate surface area is 54.0 Å². The zero-order chi connectivity index (χ0) is 7.11. The van der Waals surface area contributed by atoms with E-state index in [1.54, 1.807) is 0 Å². The second-order valence-electron chi connectivity index (χ2n) is 1.63. The summed E-state index contributed by atoms with van der Waals surface area (Å²) in [5, 5.41) is 10.8. The normalized spacial score (nSPS) is 9.11. The van der Waals surface area contributed by atoms with Gasteiger partial charge in [0.15, 0.2) is 0 Å². The topological polar surface area (TPSA) is 75.4 Å². The lowest BCUT2D eigenvalue weighted by molar-refractivity contribution is -0.119. The molecule has 0 saturated heterocycles. The average molecular weight is 132 g/mol. The number of carbonyl (C=O) groups is 1. The van der Waals surface area contributed by atoms with Gasteiger partial charge in [0, 0.05) is 13.2 Å². The lowest BCUT2D eigenvalue weighted by Gasteiger charge is -1.98. The fourth-order valence-corrected chi connectivity index (χ4v) is 0.379. The van der Waals surface area contributed by atoms with E-state index < -0.39 is 0 Å². The van der Waals surface area contributed by atoms with Crippen LogP contribution in [0.1, 0.15) is 6.42 Å². The van der Waals surface area contributed by atoms with Crippen molar-refractivity contribution >= 4 is 5.91 Å². The minimum Gasteiger partial charge on any atom is -0.396 e. The highest BCUT2D eigenvalue weighted by molar-refractivity contribution is 5.77. The Balaban J connectivity index is 2.97. The zero-order valence-electron chi connectivity index (χ0n) is 5.26. The molecular weight excluding hydrogens is 120 g/mol. The summed E-state index contributed by atoms with van der Waals surface area (Å²) in [5.74, 6) is -0.177. The van der Waals surface area contributed by atoms with Crippen LogP contribution in [0.4, 0.5) is 0 Å². The molecule has 9 heavy (non-hydrogen) atoms. The van der Waals surface area contributed by atoms with Gasteiger partial charge in [-0.25, -0.2) is 0 Å². The summed E-state index contributed by atoms with van der Waals surface area (Å²) >= 11 is 0. The van der Waals surface area contributed by atoms with Gasteiger partial charge < -0.3 is 16.2 Å². The van der Waals surface area contributed by atoms with Crippen LogP contribution in [0.3, 0.4) is 0 Å². The van der Waals surface area contributed by atoms with Crippen molar-refractivity contribution in [3.8, 4) is 0 Å². The maximum absolute atomic E-state index is 10.4. The Hall–Kier alpha value is -0.610. The smallest absolute Gasteiger partial charge is 0.233 e. The van der Waals surface area contributed by atoms with E-state index in [1.165, 1.54) is 0 Å². The number of nitrogens with two attached hydrogens (primary N) is 1. The molecule has 0 rings (SSSR count). The molecule has 0 aliphatic carbocycles. The Kier molecular flexibility index (Phi) is 5.15. The van der Waals surface area contributed by atoms with Crippen LogP contribution in [0.25, 0.3) is 0 Å². The third kappa shape index (κ3) is 5.26. The molecule has 0 aromatic heterocycles. The molecule has 0 bridgehead atoms. The summed E-state index contributed by atoms with van der Waals surface area (Å²) in [5.41, 5.74) is 4.98. The van der Waals surface area contributed by atoms with Gasteiger partial charge in [-0.05, 0) is 6.42 Å². The van der Waals surface area contributed by atoms with Crippen molar-refractivity contribution in [2.24, 2.45) is 5.73 Å².